The van der Waals surface area contributed by atoms with Gasteiger partial charge in [-0.2, -0.15) is 0 Å². The van der Waals surface area contributed by atoms with Crippen molar-refractivity contribution in [3.63, 3.8) is 0 Å². The zero-order valence-corrected chi connectivity index (χ0v) is 15.2. The van der Waals surface area contributed by atoms with E-state index in [1.54, 1.807) is 19.9 Å². The Labute approximate surface area is 147 Å². The minimum absolute atomic E-state index is 0.175. The standard InChI is InChI=1S/C17H22Cl2O4/c1-4-7-10-22-15(20)17(5-2,6-3)16(21)23-14-9-8-12(18)11-13(14)19/h8-9,11H,4-7,10H2,1-3H3. The summed E-state index contributed by atoms with van der Waals surface area (Å²) in [6.45, 7) is 5.81. The lowest BCUT2D eigenvalue weighted by atomic mass is 9.82. The molecule has 0 radical (unpaired) electrons. The van der Waals surface area contributed by atoms with E-state index in [0.717, 1.165) is 12.8 Å². The summed E-state index contributed by atoms with van der Waals surface area (Å²) >= 11 is 11.8. The van der Waals surface area contributed by atoms with Gasteiger partial charge in [0.2, 0.25) is 0 Å². The number of benzene rings is 1. The molecular weight excluding hydrogens is 339 g/mol. The van der Waals surface area contributed by atoms with Crippen molar-refractivity contribution in [3.8, 4) is 5.75 Å². The summed E-state index contributed by atoms with van der Waals surface area (Å²) in [7, 11) is 0. The van der Waals surface area contributed by atoms with Crippen LogP contribution in [0.4, 0.5) is 0 Å². The molecule has 0 unspecified atom stereocenters. The molecule has 0 amide bonds. The molecule has 0 fully saturated rings. The third kappa shape index (κ3) is 4.85. The second kappa shape index (κ2) is 9.14. The molecule has 0 heterocycles. The molecule has 0 aliphatic heterocycles. The Morgan fingerprint density at radius 1 is 1.09 bits per heavy atom. The predicted octanol–water partition coefficient (Wildman–Crippen LogP) is 5.05. The highest BCUT2D eigenvalue weighted by Crippen LogP contribution is 2.34. The lowest BCUT2D eigenvalue weighted by Crippen LogP contribution is -2.42. The molecule has 0 atom stereocenters. The molecule has 0 bridgehead atoms. The van der Waals surface area contributed by atoms with Crippen LogP contribution in [-0.4, -0.2) is 18.5 Å². The Bertz CT molecular complexity index is 554. The van der Waals surface area contributed by atoms with Crippen LogP contribution in [0.1, 0.15) is 46.5 Å². The fraction of sp³-hybridized carbons (Fsp3) is 0.529. The lowest BCUT2D eigenvalue weighted by molar-refractivity contribution is -0.168. The van der Waals surface area contributed by atoms with Crippen molar-refractivity contribution in [2.75, 3.05) is 6.61 Å². The molecule has 0 aromatic heterocycles. The first-order valence-electron chi connectivity index (χ1n) is 7.75. The van der Waals surface area contributed by atoms with Crippen molar-refractivity contribution in [3.05, 3.63) is 28.2 Å². The first-order chi connectivity index (χ1) is 10.9. The maximum Gasteiger partial charge on any atom is 0.328 e. The molecule has 128 valence electrons. The van der Waals surface area contributed by atoms with E-state index in [2.05, 4.69) is 0 Å². The van der Waals surface area contributed by atoms with E-state index in [-0.39, 0.29) is 10.8 Å². The predicted molar refractivity (Wildman–Crippen MR) is 91.0 cm³/mol. The van der Waals surface area contributed by atoms with Crippen LogP contribution in [0.25, 0.3) is 0 Å². The van der Waals surface area contributed by atoms with Crippen LogP contribution in [-0.2, 0) is 14.3 Å². The summed E-state index contributed by atoms with van der Waals surface area (Å²) in [5, 5.41) is 0.650. The smallest absolute Gasteiger partial charge is 0.328 e. The molecule has 0 aliphatic rings. The van der Waals surface area contributed by atoms with Crippen molar-refractivity contribution < 1.29 is 19.1 Å². The number of carbonyl (C=O) groups excluding carboxylic acids is 2. The van der Waals surface area contributed by atoms with Crippen LogP contribution in [0.5, 0.6) is 5.75 Å². The highest BCUT2D eigenvalue weighted by atomic mass is 35.5. The van der Waals surface area contributed by atoms with Gasteiger partial charge in [-0.3, -0.25) is 9.59 Å². The van der Waals surface area contributed by atoms with Gasteiger partial charge in [0, 0.05) is 5.02 Å². The quantitative estimate of drug-likeness (QED) is 0.281. The Morgan fingerprint density at radius 2 is 1.74 bits per heavy atom. The zero-order chi connectivity index (χ0) is 17.5. The van der Waals surface area contributed by atoms with Crippen LogP contribution in [0, 0.1) is 5.41 Å². The molecule has 4 nitrogen and oxygen atoms in total. The summed E-state index contributed by atoms with van der Waals surface area (Å²) in [6.07, 6.45) is 2.24. The number of esters is 2. The lowest BCUT2D eigenvalue weighted by Gasteiger charge is -2.27. The van der Waals surface area contributed by atoms with Gasteiger partial charge in [-0.15, -0.1) is 0 Å². The molecule has 1 aromatic rings. The van der Waals surface area contributed by atoms with Crippen LogP contribution >= 0.6 is 23.2 Å². The van der Waals surface area contributed by atoms with Gasteiger partial charge in [-0.1, -0.05) is 50.4 Å². The Morgan fingerprint density at radius 3 is 2.26 bits per heavy atom. The average Bonchev–Trinajstić information content (AvgIpc) is 2.52. The van der Waals surface area contributed by atoms with Gasteiger partial charge in [0.1, 0.15) is 5.75 Å². The molecule has 0 saturated heterocycles. The van der Waals surface area contributed by atoms with Crippen molar-refractivity contribution >= 4 is 35.1 Å². The van der Waals surface area contributed by atoms with Gasteiger partial charge in [0.15, 0.2) is 5.41 Å². The molecule has 0 aliphatic carbocycles. The minimum Gasteiger partial charge on any atom is -0.465 e. The molecule has 0 saturated carbocycles. The van der Waals surface area contributed by atoms with Crippen LogP contribution in [0.2, 0.25) is 10.0 Å². The van der Waals surface area contributed by atoms with Gasteiger partial charge in [0.25, 0.3) is 0 Å². The third-order valence-corrected chi connectivity index (χ3v) is 4.35. The maximum absolute atomic E-state index is 12.6. The maximum atomic E-state index is 12.6. The SMILES string of the molecule is CCCCOC(=O)C(CC)(CC)C(=O)Oc1ccc(Cl)cc1Cl. The second-order valence-electron chi connectivity index (χ2n) is 5.24. The van der Waals surface area contributed by atoms with Gasteiger partial charge >= 0.3 is 11.9 Å². The van der Waals surface area contributed by atoms with E-state index >= 15 is 0 Å². The van der Waals surface area contributed by atoms with E-state index in [4.69, 9.17) is 32.7 Å². The third-order valence-electron chi connectivity index (χ3n) is 3.82. The Hall–Kier alpha value is -1.26. The first kappa shape index (κ1) is 19.8. The molecule has 1 rings (SSSR count). The van der Waals surface area contributed by atoms with Crippen molar-refractivity contribution in [1.29, 1.82) is 0 Å². The number of halogens is 2. The number of carbonyl (C=O) groups is 2. The number of hydrogen-bond donors (Lipinski definition) is 0. The monoisotopic (exact) mass is 360 g/mol. The van der Waals surface area contributed by atoms with Gasteiger partial charge in [-0.05, 0) is 37.5 Å². The number of rotatable bonds is 8. The van der Waals surface area contributed by atoms with E-state index in [1.165, 1.54) is 12.1 Å². The fourth-order valence-electron chi connectivity index (χ4n) is 2.11. The van der Waals surface area contributed by atoms with Crippen molar-refractivity contribution in [2.24, 2.45) is 5.41 Å². The van der Waals surface area contributed by atoms with Gasteiger partial charge in [-0.25, -0.2) is 0 Å². The van der Waals surface area contributed by atoms with Crippen LogP contribution in [0.15, 0.2) is 18.2 Å². The number of ether oxygens (including phenoxy) is 2. The summed E-state index contributed by atoms with van der Waals surface area (Å²) in [5.41, 5.74) is -1.32. The molecule has 1 aromatic carbocycles. The Kier molecular flexibility index (Phi) is 7.86. The highest BCUT2D eigenvalue weighted by molar-refractivity contribution is 6.35. The fourth-order valence-corrected chi connectivity index (χ4v) is 2.56. The van der Waals surface area contributed by atoms with Crippen LogP contribution < -0.4 is 4.74 Å². The molecule has 6 heteroatoms. The molecule has 0 N–H and O–H groups in total. The summed E-state index contributed by atoms with van der Waals surface area (Å²) in [6, 6.07) is 4.54. The highest BCUT2D eigenvalue weighted by Gasteiger charge is 2.46. The summed E-state index contributed by atoms with van der Waals surface area (Å²) in [5.74, 6) is -1.03. The van der Waals surface area contributed by atoms with Crippen LogP contribution in [0.3, 0.4) is 0 Å². The Balaban J connectivity index is 2.94. The van der Waals surface area contributed by atoms with E-state index in [1.807, 2.05) is 6.92 Å². The topological polar surface area (TPSA) is 52.6 Å². The molecule has 23 heavy (non-hydrogen) atoms. The molecule has 0 spiro atoms. The number of hydrogen-bond acceptors (Lipinski definition) is 4. The van der Waals surface area contributed by atoms with E-state index in [0.29, 0.717) is 24.5 Å². The largest absolute Gasteiger partial charge is 0.465 e. The number of unbranched alkanes of at least 4 members (excludes halogenated alkanes) is 1. The van der Waals surface area contributed by atoms with Gasteiger partial charge in [0.05, 0.1) is 11.6 Å². The van der Waals surface area contributed by atoms with E-state index in [9.17, 15) is 9.59 Å². The minimum atomic E-state index is -1.32. The average molecular weight is 361 g/mol. The summed E-state index contributed by atoms with van der Waals surface area (Å²) in [4.78, 5) is 25.0. The summed E-state index contributed by atoms with van der Waals surface area (Å²) < 4.78 is 10.6. The zero-order valence-electron chi connectivity index (χ0n) is 13.7. The van der Waals surface area contributed by atoms with E-state index < -0.39 is 17.4 Å². The normalized spacial score (nSPS) is 11.2. The molecular formula is C17H22Cl2O4. The van der Waals surface area contributed by atoms with Crippen molar-refractivity contribution in [1.82, 2.24) is 0 Å². The van der Waals surface area contributed by atoms with Gasteiger partial charge < -0.3 is 9.47 Å². The second-order valence-corrected chi connectivity index (χ2v) is 6.09. The first-order valence-corrected chi connectivity index (χ1v) is 8.51. The van der Waals surface area contributed by atoms with Crippen molar-refractivity contribution in [2.45, 2.75) is 46.5 Å².